The predicted molar refractivity (Wildman–Crippen MR) is 110 cm³/mol. The molecule has 2 N–H and O–H groups in total. The van der Waals surface area contributed by atoms with Crippen LogP contribution in [0.15, 0.2) is 73.1 Å². The molecule has 0 radical (unpaired) electrons. The molecular weight excluding hydrogens is 366 g/mol. The van der Waals surface area contributed by atoms with E-state index in [4.69, 9.17) is 4.74 Å². The van der Waals surface area contributed by atoms with Gasteiger partial charge in [0.15, 0.2) is 0 Å². The number of anilines is 1. The van der Waals surface area contributed by atoms with E-state index in [-0.39, 0.29) is 17.9 Å². The fourth-order valence-corrected chi connectivity index (χ4v) is 3.27. The standard InChI is InChI=1S/C23H21N3O3/c27-22(26-20-15-29-21-4-2-1-3-19(20)21)10-7-16-5-8-17(9-6-16)23(28)25-18-11-13-24-14-12-18/h1-6,8-9,11-14,20H,7,10,15H2,(H,26,27)(H,24,25,28). The van der Waals surface area contributed by atoms with Crippen molar-refractivity contribution in [1.29, 1.82) is 0 Å². The molecule has 2 aromatic carbocycles. The van der Waals surface area contributed by atoms with Gasteiger partial charge in [0, 0.05) is 35.6 Å². The fraction of sp³-hybridized carbons (Fsp3) is 0.174. The molecule has 1 unspecified atom stereocenters. The van der Waals surface area contributed by atoms with E-state index in [2.05, 4.69) is 15.6 Å². The lowest BCUT2D eigenvalue weighted by Crippen LogP contribution is -2.29. The summed E-state index contributed by atoms with van der Waals surface area (Å²) in [6.07, 6.45) is 4.23. The first kappa shape index (κ1) is 18.7. The number of carbonyl (C=O) groups is 2. The van der Waals surface area contributed by atoms with Crippen molar-refractivity contribution in [2.45, 2.75) is 18.9 Å². The highest BCUT2D eigenvalue weighted by Gasteiger charge is 2.24. The average Bonchev–Trinajstić information content (AvgIpc) is 3.16. The molecule has 6 nitrogen and oxygen atoms in total. The lowest BCUT2D eigenvalue weighted by molar-refractivity contribution is -0.121. The van der Waals surface area contributed by atoms with Crippen LogP contribution < -0.4 is 15.4 Å². The third-order valence-electron chi connectivity index (χ3n) is 4.83. The molecule has 3 aromatic rings. The first-order valence-electron chi connectivity index (χ1n) is 9.50. The van der Waals surface area contributed by atoms with Gasteiger partial charge in [0.05, 0.1) is 6.04 Å². The van der Waals surface area contributed by atoms with Crippen LogP contribution in [0.3, 0.4) is 0 Å². The van der Waals surface area contributed by atoms with Gasteiger partial charge in [0.2, 0.25) is 5.91 Å². The first-order chi connectivity index (χ1) is 14.2. The molecule has 0 aliphatic carbocycles. The highest BCUT2D eigenvalue weighted by Crippen LogP contribution is 2.31. The topological polar surface area (TPSA) is 80.3 Å². The normalized spacial score (nSPS) is 14.6. The Kier molecular flexibility index (Phi) is 5.52. The molecule has 146 valence electrons. The molecule has 2 amide bonds. The number of benzene rings is 2. The van der Waals surface area contributed by atoms with Gasteiger partial charge < -0.3 is 15.4 Å². The molecule has 1 aromatic heterocycles. The molecule has 1 aliphatic heterocycles. The largest absolute Gasteiger partial charge is 0.491 e. The van der Waals surface area contributed by atoms with Gasteiger partial charge in [-0.3, -0.25) is 14.6 Å². The van der Waals surface area contributed by atoms with Crippen LogP contribution in [-0.4, -0.2) is 23.4 Å². The molecule has 29 heavy (non-hydrogen) atoms. The highest BCUT2D eigenvalue weighted by atomic mass is 16.5. The summed E-state index contributed by atoms with van der Waals surface area (Å²) in [5.41, 5.74) is 3.28. The lowest BCUT2D eigenvalue weighted by atomic mass is 10.1. The lowest BCUT2D eigenvalue weighted by Gasteiger charge is -2.12. The number of fused-ring (bicyclic) bond motifs is 1. The zero-order valence-corrected chi connectivity index (χ0v) is 15.8. The van der Waals surface area contributed by atoms with E-state index in [1.165, 1.54) is 0 Å². The Labute approximate surface area is 168 Å². The van der Waals surface area contributed by atoms with E-state index in [9.17, 15) is 9.59 Å². The van der Waals surface area contributed by atoms with Crippen molar-refractivity contribution in [2.75, 3.05) is 11.9 Å². The van der Waals surface area contributed by atoms with Crippen LogP contribution in [0.5, 0.6) is 5.75 Å². The van der Waals surface area contributed by atoms with Crippen LogP contribution in [0, 0.1) is 0 Å². The second kappa shape index (κ2) is 8.56. The Morgan fingerprint density at radius 3 is 2.55 bits per heavy atom. The van der Waals surface area contributed by atoms with Crippen molar-refractivity contribution in [3.05, 3.63) is 89.7 Å². The zero-order valence-electron chi connectivity index (χ0n) is 15.8. The quantitative estimate of drug-likeness (QED) is 0.678. The number of aryl methyl sites for hydroxylation is 1. The van der Waals surface area contributed by atoms with Crippen LogP contribution in [0.1, 0.15) is 33.9 Å². The minimum absolute atomic E-state index is 0.0187. The van der Waals surface area contributed by atoms with Crippen molar-refractivity contribution >= 4 is 17.5 Å². The maximum atomic E-state index is 12.3. The predicted octanol–water partition coefficient (Wildman–Crippen LogP) is 3.52. The molecule has 2 heterocycles. The zero-order chi connectivity index (χ0) is 20.1. The maximum Gasteiger partial charge on any atom is 0.255 e. The number of carbonyl (C=O) groups excluding carboxylic acids is 2. The Balaban J connectivity index is 1.28. The number of hydrogen-bond acceptors (Lipinski definition) is 4. The van der Waals surface area contributed by atoms with Crippen LogP contribution in [0.2, 0.25) is 0 Å². The second-order valence-corrected chi connectivity index (χ2v) is 6.86. The summed E-state index contributed by atoms with van der Waals surface area (Å²) in [4.78, 5) is 28.5. The molecule has 1 atom stereocenters. The smallest absolute Gasteiger partial charge is 0.255 e. The number of para-hydroxylation sites is 1. The van der Waals surface area contributed by atoms with Crippen LogP contribution in [0.25, 0.3) is 0 Å². The molecule has 0 fully saturated rings. The monoisotopic (exact) mass is 387 g/mol. The van der Waals surface area contributed by atoms with Crippen LogP contribution >= 0.6 is 0 Å². The SMILES string of the molecule is O=C(CCc1ccc(C(=O)Nc2ccncc2)cc1)NC1COc2ccccc21. The van der Waals surface area contributed by atoms with Crippen molar-refractivity contribution in [2.24, 2.45) is 0 Å². The van der Waals surface area contributed by atoms with Gasteiger partial charge in [-0.1, -0.05) is 30.3 Å². The van der Waals surface area contributed by atoms with Gasteiger partial charge in [-0.2, -0.15) is 0 Å². The van der Waals surface area contributed by atoms with Crippen LogP contribution in [-0.2, 0) is 11.2 Å². The summed E-state index contributed by atoms with van der Waals surface area (Å²) >= 11 is 0. The average molecular weight is 387 g/mol. The van der Waals surface area contributed by atoms with E-state index in [1.54, 1.807) is 36.7 Å². The second-order valence-electron chi connectivity index (χ2n) is 6.86. The Morgan fingerprint density at radius 2 is 1.76 bits per heavy atom. The van der Waals surface area contributed by atoms with Gasteiger partial charge in [0.1, 0.15) is 12.4 Å². The van der Waals surface area contributed by atoms with Crippen molar-refractivity contribution in [1.82, 2.24) is 10.3 Å². The summed E-state index contributed by atoms with van der Waals surface area (Å²) in [5.74, 6) is 0.633. The van der Waals surface area contributed by atoms with Crippen LogP contribution in [0.4, 0.5) is 5.69 Å². The number of rotatable bonds is 6. The number of nitrogens with one attached hydrogen (secondary N) is 2. The number of pyridine rings is 1. The van der Waals surface area contributed by atoms with Crippen molar-refractivity contribution < 1.29 is 14.3 Å². The summed E-state index contributed by atoms with van der Waals surface area (Å²) in [7, 11) is 0. The van der Waals surface area contributed by atoms with E-state index in [0.717, 1.165) is 16.9 Å². The number of ether oxygens (including phenoxy) is 1. The fourth-order valence-electron chi connectivity index (χ4n) is 3.27. The minimum atomic E-state index is -0.180. The number of amides is 2. The molecule has 4 rings (SSSR count). The highest BCUT2D eigenvalue weighted by molar-refractivity contribution is 6.04. The van der Waals surface area contributed by atoms with Crippen molar-refractivity contribution in [3.8, 4) is 5.75 Å². The van der Waals surface area contributed by atoms with Gasteiger partial charge >= 0.3 is 0 Å². The van der Waals surface area contributed by atoms with Gasteiger partial charge in [0.25, 0.3) is 5.91 Å². The number of hydrogen-bond donors (Lipinski definition) is 2. The van der Waals surface area contributed by atoms with Crippen molar-refractivity contribution in [3.63, 3.8) is 0 Å². The van der Waals surface area contributed by atoms with Gasteiger partial charge in [-0.25, -0.2) is 0 Å². The van der Waals surface area contributed by atoms with E-state index >= 15 is 0 Å². The summed E-state index contributed by atoms with van der Waals surface area (Å²) < 4.78 is 5.60. The third kappa shape index (κ3) is 4.60. The number of nitrogens with zero attached hydrogens (tertiary/aromatic N) is 1. The van der Waals surface area contributed by atoms with Gasteiger partial charge in [-0.05, 0) is 42.3 Å². The molecule has 0 saturated heterocycles. The Hall–Kier alpha value is -3.67. The van der Waals surface area contributed by atoms with E-state index < -0.39 is 0 Å². The maximum absolute atomic E-state index is 12.3. The third-order valence-corrected chi connectivity index (χ3v) is 4.83. The number of aromatic nitrogens is 1. The van der Waals surface area contributed by atoms with E-state index in [1.807, 2.05) is 36.4 Å². The van der Waals surface area contributed by atoms with E-state index in [0.29, 0.717) is 30.7 Å². The Morgan fingerprint density at radius 1 is 1.00 bits per heavy atom. The molecule has 6 heteroatoms. The molecule has 1 aliphatic rings. The summed E-state index contributed by atoms with van der Waals surface area (Å²) in [6.45, 7) is 0.465. The summed E-state index contributed by atoms with van der Waals surface area (Å²) in [6, 6.07) is 18.4. The first-order valence-corrected chi connectivity index (χ1v) is 9.50. The Bertz CT molecular complexity index is 1000. The minimum Gasteiger partial charge on any atom is -0.491 e. The molecular formula is C23H21N3O3. The molecule has 0 saturated carbocycles. The van der Waals surface area contributed by atoms with Gasteiger partial charge in [-0.15, -0.1) is 0 Å². The summed E-state index contributed by atoms with van der Waals surface area (Å²) in [5, 5.41) is 5.85. The molecule has 0 spiro atoms. The molecule has 0 bridgehead atoms.